The van der Waals surface area contributed by atoms with Crippen LogP contribution in [0.2, 0.25) is 0 Å². The van der Waals surface area contributed by atoms with Crippen molar-refractivity contribution in [2.75, 3.05) is 46.6 Å². The molecule has 53 heavy (non-hydrogen) atoms. The molecule has 0 bridgehead atoms. The van der Waals surface area contributed by atoms with Crippen LogP contribution in [0, 0.1) is 0 Å². The van der Waals surface area contributed by atoms with E-state index in [4.69, 9.17) is 14.5 Å². The number of carbonyl (C=O) groups excluding carboxylic acids is 4. The molecule has 14 nitrogen and oxygen atoms in total. The lowest BCUT2D eigenvalue weighted by Gasteiger charge is -2.28. The van der Waals surface area contributed by atoms with E-state index in [9.17, 15) is 19.2 Å². The van der Waals surface area contributed by atoms with Gasteiger partial charge >= 0.3 is 12.1 Å². The molecule has 0 aliphatic carbocycles. The number of fused-ring (bicyclic) bond motifs is 3. The number of carbonyl (C=O) groups is 4. The Morgan fingerprint density at radius 2 is 1.72 bits per heavy atom. The summed E-state index contributed by atoms with van der Waals surface area (Å²) in [7, 11) is 0. The first-order chi connectivity index (χ1) is 25.4. The van der Waals surface area contributed by atoms with Crippen molar-refractivity contribution in [2.45, 2.75) is 58.8 Å². The third-order valence-corrected chi connectivity index (χ3v) is 9.12. The largest absolute Gasteiger partial charge is 0.485 e. The second kappa shape index (κ2) is 14.4. The lowest BCUT2D eigenvalue weighted by molar-refractivity contribution is -0.117. The number of benzene rings is 2. The van der Waals surface area contributed by atoms with E-state index in [0.29, 0.717) is 48.9 Å². The molecule has 14 heteroatoms. The van der Waals surface area contributed by atoms with E-state index in [0.717, 1.165) is 46.7 Å². The SMILES string of the molecule is CC1Oc2cc(N3CCCC3=O)ccc2-c2cnc(Nc3cncc(N4CCN(Cc5ccc(NC(=O)CNC(=O)OC(C)(C)C)cc5)C4=O)c3)cc21. The van der Waals surface area contributed by atoms with Gasteiger partial charge in [-0.15, -0.1) is 0 Å². The van der Waals surface area contributed by atoms with Gasteiger partial charge in [-0.25, -0.2) is 14.6 Å². The monoisotopic (exact) mass is 718 g/mol. The number of amides is 5. The van der Waals surface area contributed by atoms with Crippen LogP contribution in [-0.4, -0.2) is 70.6 Å². The van der Waals surface area contributed by atoms with Crippen LogP contribution in [0.4, 0.5) is 38.2 Å². The zero-order valence-corrected chi connectivity index (χ0v) is 30.1. The summed E-state index contributed by atoms with van der Waals surface area (Å²) in [5.41, 5.74) is 5.91. The fourth-order valence-electron chi connectivity index (χ4n) is 6.62. The number of hydrogen-bond acceptors (Lipinski definition) is 9. The molecule has 3 aliphatic heterocycles. The first kappa shape index (κ1) is 35.2. The molecule has 2 fully saturated rings. The van der Waals surface area contributed by atoms with Crippen LogP contribution in [0.25, 0.3) is 11.1 Å². The van der Waals surface area contributed by atoms with Gasteiger partial charge in [0.15, 0.2) is 0 Å². The minimum atomic E-state index is -0.664. The zero-order chi connectivity index (χ0) is 37.3. The Hall–Kier alpha value is -6.18. The number of alkyl carbamates (subject to hydrolysis) is 1. The fraction of sp³-hybridized carbons (Fsp3) is 0.333. The van der Waals surface area contributed by atoms with Gasteiger partial charge in [0.25, 0.3) is 0 Å². The van der Waals surface area contributed by atoms with Crippen LogP contribution in [0.5, 0.6) is 5.75 Å². The highest BCUT2D eigenvalue weighted by Crippen LogP contribution is 2.44. The lowest BCUT2D eigenvalue weighted by Crippen LogP contribution is -2.37. The predicted molar refractivity (Wildman–Crippen MR) is 200 cm³/mol. The number of anilines is 5. The molecule has 1 atom stereocenters. The molecule has 7 rings (SSSR count). The van der Waals surface area contributed by atoms with Crippen LogP contribution in [-0.2, 0) is 20.9 Å². The molecule has 5 heterocycles. The second-order valence-corrected chi connectivity index (χ2v) is 14.3. The summed E-state index contributed by atoms with van der Waals surface area (Å²) in [5, 5.41) is 8.51. The maximum absolute atomic E-state index is 13.5. The van der Waals surface area contributed by atoms with E-state index in [1.807, 2.05) is 60.5 Å². The highest BCUT2D eigenvalue weighted by molar-refractivity contribution is 5.97. The Kier molecular flexibility index (Phi) is 9.60. The van der Waals surface area contributed by atoms with Gasteiger partial charge < -0.3 is 35.2 Å². The molecular formula is C39H42N8O6. The van der Waals surface area contributed by atoms with Crippen molar-refractivity contribution < 1.29 is 28.7 Å². The van der Waals surface area contributed by atoms with Gasteiger partial charge in [-0.1, -0.05) is 12.1 Å². The summed E-state index contributed by atoms with van der Waals surface area (Å²) in [4.78, 5) is 64.2. The highest BCUT2D eigenvalue weighted by Gasteiger charge is 2.31. The number of aromatic nitrogens is 2. The first-order valence-corrected chi connectivity index (χ1v) is 17.7. The third-order valence-electron chi connectivity index (χ3n) is 9.12. The molecule has 5 amide bonds. The van der Waals surface area contributed by atoms with Gasteiger partial charge in [-0.3, -0.25) is 19.5 Å². The lowest BCUT2D eigenvalue weighted by atomic mass is 9.94. The van der Waals surface area contributed by atoms with Crippen LogP contribution in [0.15, 0.2) is 73.2 Å². The fourth-order valence-corrected chi connectivity index (χ4v) is 6.62. The molecule has 2 aromatic carbocycles. The maximum Gasteiger partial charge on any atom is 0.408 e. The molecule has 0 radical (unpaired) electrons. The van der Waals surface area contributed by atoms with Crippen molar-refractivity contribution in [3.63, 3.8) is 0 Å². The number of nitrogens with zero attached hydrogens (tertiary/aromatic N) is 5. The number of nitrogens with one attached hydrogen (secondary N) is 3. The maximum atomic E-state index is 13.5. The van der Waals surface area contributed by atoms with Gasteiger partial charge in [-0.05, 0) is 76.1 Å². The normalized spacial score (nSPS) is 16.5. The predicted octanol–water partition coefficient (Wildman–Crippen LogP) is 6.37. The van der Waals surface area contributed by atoms with E-state index in [1.54, 1.807) is 55.1 Å². The molecule has 4 aromatic rings. The number of urea groups is 1. The Bertz CT molecular complexity index is 2060. The first-order valence-electron chi connectivity index (χ1n) is 17.7. The Labute approximate surface area is 307 Å². The number of pyridine rings is 2. The number of rotatable bonds is 9. The van der Waals surface area contributed by atoms with Crippen LogP contribution in [0.1, 0.15) is 57.8 Å². The molecule has 1 unspecified atom stereocenters. The van der Waals surface area contributed by atoms with Crippen molar-refractivity contribution in [3.8, 4) is 16.9 Å². The summed E-state index contributed by atoms with van der Waals surface area (Å²) < 4.78 is 11.5. The number of hydrogen-bond donors (Lipinski definition) is 3. The van der Waals surface area contributed by atoms with Crippen LogP contribution >= 0.6 is 0 Å². The smallest absolute Gasteiger partial charge is 0.408 e. The summed E-state index contributed by atoms with van der Waals surface area (Å²) in [6, 6.07) is 16.8. The Morgan fingerprint density at radius 1 is 0.906 bits per heavy atom. The average Bonchev–Trinajstić information content (AvgIpc) is 3.72. The van der Waals surface area contributed by atoms with E-state index in [-0.39, 0.29) is 30.5 Å². The van der Waals surface area contributed by atoms with Gasteiger partial charge in [-0.2, -0.15) is 0 Å². The number of ether oxygens (including phenoxy) is 2. The van der Waals surface area contributed by atoms with E-state index >= 15 is 0 Å². The zero-order valence-electron chi connectivity index (χ0n) is 30.1. The molecule has 3 aliphatic rings. The topological polar surface area (TPSA) is 158 Å². The van der Waals surface area contributed by atoms with Crippen molar-refractivity contribution in [2.24, 2.45) is 0 Å². The molecule has 274 valence electrons. The molecule has 2 saturated heterocycles. The van der Waals surface area contributed by atoms with Gasteiger partial charge in [0.05, 0.1) is 23.8 Å². The van der Waals surface area contributed by atoms with Gasteiger partial charge in [0.2, 0.25) is 11.8 Å². The van der Waals surface area contributed by atoms with Crippen LogP contribution < -0.4 is 30.5 Å². The Morgan fingerprint density at radius 3 is 2.47 bits per heavy atom. The summed E-state index contributed by atoms with van der Waals surface area (Å²) in [5.74, 6) is 1.10. The van der Waals surface area contributed by atoms with Crippen molar-refractivity contribution >= 4 is 52.5 Å². The van der Waals surface area contributed by atoms with E-state index in [2.05, 4.69) is 20.9 Å². The summed E-state index contributed by atoms with van der Waals surface area (Å²) in [6.07, 6.45) is 5.73. The summed E-state index contributed by atoms with van der Waals surface area (Å²) in [6.45, 7) is 9.17. The molecule has 2 aromatic heterocycles. The molecule has 0 spiro atoms. The van der Waals surface area contributed by atoms with Crippen molar-refractivity contribution in [3.05, 3.63) is 84.3 Å². The van der Waals surface area contributed by atoms with E-state index in [1.165, 1.54) is 0 Å². The molecular weight excluding hydrogens is 676 g/mol. The molecule has 0 saturated carbocycles. The van der Waals surface area contributed by atoms with Crippen molar-refractivity contribution in [1.29, 1.82) is 0 Å². The Balaban J connectivity index is 0.952. The quantitative estimate of drug-likeness (QED) is 0.179. The third kappa shape index (κ3) is 8.01. The van der Waals surface area contributed by atoms with Gasteiger partial charge in [0.1, 0.15) is 29.8 Å². The highest BCUT2D eigenvalue weighted by atomic mass is 16.6. The molecule has 3 N–H and O–H groups in total. The average molecular weight is 719 g/mol. The second-order valence-electron chi connectivity index (χ2n) is 14.3. The summed E-state index contributed by atoms with van der Waals surface area (Å²) >= 11 is 0. The standard InChI is InChI=1S/C39H42N8O6/c1-24-31-18-34(41-21-32(31)30-12-11-28(17-33(30)52-24)46-13-5-6-36(46)49)43-27-16-29(20-40-19-27)47-15-14-45(38(47)51)23-25-7-9-26(10-8-25)44-35(48)22-42-37(50)53-39(2,3)4/h7-12,16-21,24H,5-6,13-15,22-23H2,1-4H3,(H,41,43)(H,42,50)(H,44,48). The van der Waals surface area contributed by atoms with Crippen molar-refractivity contribution in [1.82, 2.24) is 20.2 Å². The minimum Gasteiger partial charge on any atom is -0.485 e. The van der Waals surface area contributed by atoms with Crippen LogP contribution in [0.3, 0.4) is 0 Å². The van der Waals surface area contributed by atoms with E-state index < -0.39 is 11.7 Å². The minimum absolute atomic E-state index is 0.136. The van der Waals surface area contributed by atoms with Gasteiger partial charge in [0, 0.05) is 72.9 Å².